The Kier molecular flexibility index (Phi) is 5.56. The topological polar surface area (TPSA) is 50.4 Å². The van der Waals surface area contributed by atoms with Crippen LogP contribution in [-0.4, -0.2) is 32.2 Å². The fourth-order valence-electron chi connectivity index (χ4n) is 2.68. The van der Waals surface area contributed by atoms with Crippen molar-refractivity contribution in [2.24, 2.45) is 0 Å². The van der Waals surface area contributed by atoms with Gasteiger partial charge in [0.05, 0.1) is 6.10 Å². The molecule has 0 radical (unpaired) electrons. The monoisotopic (exact) mass is 276 g/mol. The van der Waals surface area contributed by atoms with Crippen molar-refractivity contribution >= 4 is 5.91 Å². The average molecular weight is 276 g/mol. The van der Waals surface area contributed by atoms with Crippen molar-refractivity contribution in [1.29, 1.82) is 0 Å². The number of nitrogens with one attached hydrogen (secondary N) is 2. The lowest BCUT2D eigenvalue weighted by Crippen LogP contribution is -2.34. The molecule has 20 heavy (non-hydrogen) atoms. The number of amides is 1. The van der Waals surface area contributed by atoms with Gasteiger partial charge in [-0.15, -0.1) is 0 Å². The first-order chi connectivity index (χ1) is 9.72. The van der Waals surface area contributed by atoms with Gasteiger partial charge in [0.25, 0.3) is 5.91 Å². The highest BCUT2D eigenvalue weighted by Crippen LogP contribution is 2.20. The number of rotatable bonds is 5. The van der Waals surface area contributed by atoms with Gasteiger partial charge in [0.2, 0.25) is 0 Å². The van der Waals surface area contributed by atoms with Crippen molar-refractivity contribution in [2.75, 3.05) is 14.2 Å². The zero-order valence-corrected chi connectivity index (χ0v) is 12.3. The zero-order chi connectivity index (χ0) is 14.4. The normalized spacial score (nSPS) is 22.5. The highest BCUT2D eigenvalue weighted by molar-refractivity contribution is 5.93. The smallest absolute Gasteiger partial charge is 0.251 e. The number of carbonyl (C=O) groups excluding carboxylic acids is 1. The molecule has 1 aromatic carbocycles. The van der Waals surface area contributed by atoms with E-state index >= 15 is 0 Å². The van der Waals surface area contributed by atoms with Gasteiger partial charge in [-0.3, -0.25) is 4.79 Å². The minimum atomic E-state index is -0.0394. The van der Waals surface area contributed by atoms with Crippen LogP contribution in [0.4, 0.5) is 0 Å². The summed E-state index contributed by atoms with van der Waals surface area (Å²) in [7, 11) is 3.45. The van der Waals surface area contributed by atoms with Crippen molar-refractivity contribution < 1.29 is 9.53 Å². The molecule has 2 rings (SSSR count). The Balaban J connectivity index is 1.78. The zero-order valence-electron chi connectivity index (χ0n) is 12.3. The van der Waals surface area contributed by atoms with Crippen LogP contribution in [0.25, 0.3) is 0 Å². The lowest BCUT2D eigenvalue weighted by molar-refractivity contribution is 0.0624. The van der Waals surface area contributed by atoms with Crippen LogP contribution in [0.15, 0.2) is 24.3 Å². The SMILES string of the molecule is CNC(=O)c1ccc(CNC2CCC(OC)CC2)cc1. The van der Waals surface area contributed by atoms with Gasteiger partial charge >= 0.3 is 0 Å². The number of hydrogen-bond acceptors (Lipinski definition) is 3. The molecule has 0 unspecified atom stereocenters. The molecule has 0 saturated heterocycles. The Morgan fingerprint density at radius 2 is 1.85 bits per heavy atom. The molecule has 1 aliphatic rings. The van der Waals surface area contributed by atoms with Crippen LogP contribution in [0.3, 0.4) is 0 Å². The van der Waals surface area contributed by atoms with Gasteiger partial charge in [0.1, 0.15) is 0 Å². The maximum atomic E-state index is 11.5. The summed E-state index contributed by atoms with van der Waals surface area (Å²) in [6.45, 7) is 0.857. The molecule has 1 saturated carbocycles. The largest absolute Gasteiger partial charge is 0.381 e. The number of carbonyl (C=O) groups is 1. The summed E-state index contributed by atoms with van der Waals surface area (Å²) in [5.74, 6) is -0.0394. The molecule has 1 aliphatic carbocycles. The number of ether oxygens (including phenoxy) is 1. The molecule has 4 nitrogen and oxygen atoms in total. The van der Waals surface area contributed by atoms with Crippen molar-refractivity contribution in [3.05, 3.63) is 35.4 Å². The Hall–Kier alpha value is -1.39. The second-order valence-corrected chi connectivity index (χ2v) is 5.37. The molecule has 0 aliphatic heterocycles. The van der Waals surface area contributed by atoms with Gasteiger partial charge in [-0.05, 0) is 43.4 Å². The first-order valence-electron chi connectivity index (χ1n) is 7.30. The standard InChI is InChI=1S/C16H24N2O2/c1-17-16(19)13-5-3-12(4-6-13)11-18-14-7-9-15(20-2)10-8-14/h3-6,14-15,18H,7-11H2,1-2H3,(H,17,19). The molecule has 110 valence electrons. The van der Waals surface area contributed by atoms with E-state index in [0.717, 1.165) is 19.4 Å². The van der Waals surface area contributed by atoms with Gasteiger partial charge in [0.15, 0.2) is 0 Å². The Bertz CT molecular complexity index is 423. The predicted octanol–water partition coefficient (Wildman–Crippen LogP) is 2.09. The van der Waals surface area contributed by atoms with Crippen LogP contribution in [0, 0.1) is 0 Å². The number of hydrogen-bond donors (Lipinski definition) is 2. The van der Waals surface area contributed by atoms with E-state index in [2.05, 4.69) is 10.6 Å². The Labute approximate surface area is 120 Å². The van der Waals surface area contributed by atoms with Crippen molar-refractivity contribution in [3.63, 3.8) is 0 Å². The van der Waals surface area contributed by atoms with E-state index in [0.29, 0.717) is 17.7 Å². The summed E-state index contributed by atoms with van der Waals surface area (Å²) in [6.07, 6.45) is 5.08. The lowest BCUT2D eigenvalue weighted by atomic mass is 9.93. The van der Waals surface area contributed by atoms with E-state index < -0.39 is 0 Å². The van der Waals surface area contributed by atoms with Crippen LogP contribution in [0.1, 0.15) is 41.6 Å². The number of methoxy groups -OCH3 is 1. The summed E-state index contributed by atoms with van der Waals surface area (Å²) >= 11 is 0. The minimum absolute atomic E-state index is 0.0394. The predicted molar refractivity (Wildman–Crippen MR) is 79.7 cm³/mol. The van der Waals surface area contributed by atoms with E-state index in [1.54, 1.807) is 14.2 Å². The summed E-state index contributed by atoms with van der Waals surface area (Å²) in [4.78, 5) is 11.5. The molecule has 0 bridgehead atoms. The molecule has 0 atom stereocenters. The highest BCUT2D eigenvalue weighted by atomic mass is 16.5. The van der Waals surface area contributed by atoms with Crippen LogP contribution < -0.4 is 10.6 Å². The molecule has 1 aromatic rings. The lowest BCUT2D eigenvalue weighted by Gasteiger charge is -2.28. The highest BCUT2D eigenvalue weighted by Gasteiger charge is 2.20. The van der Waals surface area contributed by atoms with Gasteiger partial charge in [-0.1, -0.05) is 12.1 Å². The fourth-order valence-corrected chi connectivity index (χ4v) is 2.68. The molecule has 0 aromatic heterocycles. The van der Waals surface area contributed by atoms with Crippen molar-refractivity contribution in [2.45, 2.75) is 44.4 Å². The summed E-state index contributed by atoms with van der Waals surface area (Å²) in [5, 5.41) is 6.22. The second-order valence-electron chi connectivity index (χ2n) is 5.37. The molecule has 0 heterocycles. The molecule has 0 spiro atoms. The average Bonchev–Trinajstić information content (AvgIpc) is 2.53. The van der Waals surface area contributed by atoms with Gasteiger partial charge in [0, 0.05) is 32.3 Å². The maximum absolute atomic E-state index is 11.5. The summed E-state index contributed by atoms with van der Waals surface area (Å²) in [5.41, 5.74) is 1.92. The third-order valence-electron chi connectivity index (χ3n) is 4.05. The van der Waals surface area contributed by atoms with Crippen molar-refractivity contribution in [3.8, 4) is 0 Å². The third kappa shape index (κ3) is 4.05. The van der Waals surface area contributed by atoms with Gasteiger partial charge in [-0.25, -0.2) is 0 Å². The third-order valence-corrected chi connectivity index (χ3v) is 4.05. The van der Waals surface area contributed by atoms with Gasteiger partial charge < -0.3 is 15.4 Å². The molecular formula is C16H24N2O2. The Morgan fingerprint density at radius 1 is 1.20 bits per heavy atom. The summed E-state index contributed by atoms with van der Waals surface area (Å²) < 4.78 is 5.38. The first-order valence-corrected chi connectivity index (χ1v) is 7.30. The first kappa shape index (κ1) is 15.0. The molecule has 1 amide bonds. The van der Waals surface area contributed by atoms with Crippen LogP contribution >= 0.6 is 0 Å². The maximum Gasteiger partial charge on any atom is 0.251 e. The quantitative estimate of drug-likeness (QED) is 0.866. The molecule has 2 N–H and O–H groups in total. The second kappa shape index (κ2) is 7.41. The number of benzene rings is 1. The van der Waals surface area contributed by atoms with Crippen LogP contribution in [0.5, 0.6) is 0 Å². The molecular weight excluding hydrogens is 252 g/mol. The molecule has 1 fully saturated rings. The van der Waals surface area contributed by atoms with Gasteiger partial charge in [-0.2, -0.15) is 0 Å². The van der Waals surface area contributed by atoms with E-state index in [9.17, 15) is 4.79 Å². The summed E-state index contributed by atoms with van der Waals surface area (Å²) in [6, 6.07) is 8.35. The van der Waals surface area contributed by atoms with E-state index in [1.165, 1.54) is 18.4 Å². The van der Waals surface area contributed by atoms with Crippen LogP contribution in [0.2, 0.25) is 0 Å². The van der Waals surface area contributed by atoms with Crippen LogP contribution in [-0.2, 0) is 11.3 Å². The molecule has 4 heteroatoms. The van der Waals surface area contributed by atoms with Crippen molar-refractivity contribution in [1.82, 2.24) is 10.6 Å². The van der Waals surface area contributed by atoms with E-state index in [-0.39, 0.29) is 5.91 Å². The van der Waals surface area contributed by atoms with E-state index in [4.69, 9.17) is 4.74 Å². The Morgan fingerprint density at radius 3 is 2.40 bits per heavy atom. The minimum Gasteiger partial charge on any atom is -0.381 e. The fraction of sp³-hybridized carbons (Fsp3) is 0.562. The van der Waals surface area contributed by atoms with E-state index in [1.807, 2.05) is 24.3 Å².